The summed E-state index contributed by atoms with van der Waals surface area (Å²) in [5.74, 6) is 0.420. The number of rotatable bonds is 8. The van der Waals surface area contributed by atoms with Gasteiger partial charge in [0.1, 0.15) is 23.1 Å². The highest BCUT2D eigenvalue weighted by Crippen LogP contribution is 2.50. The summed E-state index contributed by atoms with van der Waals surface area (Å²) in [5.41, 5.74) is 0. The zero-order valence-electron chi connectivity index (χ0n) is 13.6. The Bertz CT molecular complexity index is 427. The van der Waals surface area contributed by atoms with Crippen molar-refractivity contribution < 1.29 is 19.2 Å². The van der Waals surface area contributed by atoms with Crippen molar-refractivity contribution in [1.82, 2.24) is 0 Å². The minimum Gasteiger partial charge on any atom is -0.300 e. The molecule has 3 fully saturated rings. The lowest BCUT2D eigenvalue weighted by Gasteiger charge is -2.47. The van der Waals surface area contributed by atoms with Crippen molar-refractivity contribution in [3.63, 3.8) is 0 Å². The molecule has 3 rings (SSSR count). The highest BCUT2D eigenvalue weighted by atomic mass is 16.1. The van der Waals surface area contributed by atoms with Crippen LogP contribution < -0.4 is 0 Å². The molecule has 3 aliphatic carbocycles. The van der Waals surface area contributed by atoms with Crippen LogP contribution in [0.1, 0.15) is 65.2 Å². The molecule has 3 saturated carbocycles. The van der Waals surface area contributed by atoms with Gasteiger partial charge in [0.05, 0.1) is 0 Å². The van der Waals surface area contributed by atoms with Crippen LogP contribution in [0.5, 0.6) is 0 Å². The van der Waals surface area contributed by atoms with Gasteiger partial charge in [0.2, 0.25) is 0 Å². The maximum absolute atomic E-state index is 12.6. The molecular formula is C18H26O4. The van der Waals surface area contributed by atoms with Crippen molar-refractivity contribution in [2.75, 3.05) is 0 Å². The van der Waals surface area contributed by atoms with Crippen LogP contribution in [0.3, 0.4) is 0 Å². The Morgan fingerprint density at radius 3 is 1.23 bits per heavy atom. The molecule has 0 aliphatic heterocycles. The van der Waals surface area contributed by atoms with Gasteiger partial charge in [-0.25, -0.2) is 0 Å². The fourth-order valence-corrected chi connectivity index (χ4v) is 4.31. The topological polar surface area (TPSA) is 68.3 Å². The number of Topliss-reactive ketones (excluding diaryl/α,β-unsaturated/α-hetero) is 4. The molecule has 0 aromatic carbocycles. The second kappa shape index (κ2) is 7.30. The number of carbonyl (C=O) groups is 4. The third-order valence-electron chi connectivity index (χ3n) is 5.41. The van der Waals surface area contributed by atoms with Crippen LogP contribution >= 0.6 is 0 Å². The van der Waals surface area contributed by atoms with Gasteiger partial charge in [-0.05, 0) is 51.4 Å². The van der Waals surface area contributed by atoms with E-state index in [9.17, 15) is 19.2 Å². The normalized spacial score (nSPS) is 30.1. The SMILES string of the molecule is CC(=O)CCC(=O)[C@H]1C2CCC(CC2)[C@@H]1C(=O)CCC(C)=O. The molecule has 0 aromatic rings. The molecule has 0 aromatic heterocycles. The molecule has 0 spiro atoms. The molecule has 0 radical (unpaired) electrons. The third kappa shape index (κ3) is 3.90. The number of carbonyl (C=O) groups excluding carboxylic acids is 4. The Labute approximate surface area is 132 Å². The number of fused-ring (bicyclic) bond motifs is 3. The van der Waals surface area contributed by atoms with Gasteiger partial charge in [-0.15, -0.1) is 0 Å². The Morgan fingerprint density at radius 1 is 0.636 bits per heavy atom. The van der Waals surface area contributed by atoms with Crippen LogP contribution in [0, 0.1) is 23.7 Å². The van der Waals surface area contributed by atoms with E-state index in [0.717, 1.165) is 25.7 Å². The smallest absolute Gasteiger partial charge is 0.137 e. The van der Waals surface area contributed by atoms with Crippen molar-refractivity contribution in [3.05, 3.63) is 0 Å². The molecule has 2 bridgehead atoms. The summed E-state index contributed by atoms with van der Waals surface area (Å²) in [5, 5.41) is 0. The van der Waals surface area contributed by atoms with E-state index in [-0.39, 0.29) is 60.7 Å². The van der Waals surface area contributed by atoms with Crippen molar-refractivity contribution in [3.8, 4) is 0 Å². The van der Waals surface area contributed by atoms with E-state index < -0.39 is 0 Å². The maximum atomic E-state index is 12.6. The Hall–Kier alpha value is -1.32. The highest BCUT2D eigenvalue weighted by Gasteiger charge is 2.49. The second-order valence-electron chi connectivity index (χ2n) is 7.06. The van der Waals surface area contributed by atoms with E-state index in [4.69, 9.17) is 0 Å². The fraction of sp³-hybridized carbons (Fsp3) is 0.778. The average Bonchev–Trinajstić information content (AvgIpc) is 2.50. The van der Waals surface area contributed by atoms with Crippen molar-refractivity contribution in [2.45, 2.75) is 65.2 Å². The predicted molar refractivity (Wildman–Crippen MR) is 82.3 cm³/mol. The summed E-state index contributed by atoms with van der Waals surface area (Å²) in [6.45, 7) is 2.99. The van der Waals surface area contributed by atoms with Crippen molar-refractivity contribution >= 4 is 23.1 Å². The van der Waals surface area contributed by atoms with E-state index in [2.05, 4.69) is 0 Å². The molecule has 0 amide bonds. The Kier molecular flexibility index (Phi) is 5.65. The molecule has 0 saturated heterocycles. The van der Waals surface area contributed by atoms with Crippen LogP contribution in [-0.2, 0) is 19.2 Å². The van der Waals surface area contributed by atoms with Crippen LogP contribution in [0.25, 0.3) is 0 Å². The molecule has 0 N–H and O–H groups in total. The lowest BCUT2D eigenvalue weighted by atomic mass is 9.56. The van der Waals surface area contributed by atoms with Crippen LogP contribution in [0.2, 0.25) is 0 Å². The summed E-state index contributed by atoms with van der Waals surface area (Å²) in [7, 11) is 0. The Morgan fingerprint density at radius 2 is 0.955 bits per heavy atom. The van der Waals surface area contributed by atoms with E-state index in [1.165, 1.54) is 13.8 Å². The summed E-state index contributed by atoms with van der Waals surface area (Å²) in [4.78, 5) is 47.4. The first-order valence-electron chi connectivity index (χ1n) is 8.44. The highest BCUT2D eigenvalue weighted by molar-refractivity contribution is 5.93. The maximum Gasteiger partial charge on any atom is 0.137 e. The van der Waals surface area contributed by atoms with Gasteiger partial charge in [0.25, 0.3) is 0 Å². The van der Waals surface area contributed by atoms with Crippen molar-refractivity contribution in [1.29, 1.82) is 0 Å². The molecular weight excluding hydrogens is 280 g/mol. The molecule has 3 aliphatic rings. The summed E-state index contributed by atoms with van der Waals surface area (Å²) >= 11 is 0. The monoisotopic (exact) mass is 306 g/mol. The minimum absolute atomic E-state index is 0.0220. The quantitative estimate of drug-likeness (QED) is 0.691. The van der Waals surface area contributed by atoms with Crippen LogP contribution in [0.4, 0.5) is 0 Å². The first-order chi connectivity index (χ1) is 10.4. The van der Waals surface area contributed by atoms with Crippen LogP contribution in [-0.4, -0.2) is 23.1 Å². The van der Waals surface area contributed by atoms with E-state index in [1.54, 1.807) is 0 Å². The fourth-order valence-electron chi connectivity index (χ4n) is 4.31. The van der Waals surface area contributed by atoms with E-state index in [0.29, 0.717) is 11.8 Å². The van der Waals surface area contributed by atoms with Crippen molar-refractivity contribution in [2.24, 2.45) is 23.7 Å². The Balaban J connectivity index is 2.09. The molecule has 4 heteroatoms. The van der Waals surface area contributed by atoms with Gasteiger partial charge < -0.3 is 9.59 Å². The number of hydrogen-bond donors (Lipinski definition) is 0. The third-order valence-corrected chi connectivity index (χ3v) is 5.41. The molecule has 22 heavy (non-hydrogen) atoms. The molecule has 0 unspecified atom stereocenters. The first-order valence-corrected chi connectivity index (χ1v) is 8.44. The van der Waals surface area contributed by atoms with Gasteiger partial charge >= 0.3 is 0 Å². The minimum atomic E-state index is -0.202. The van der Waals surface area contributed by atoms with Gasteiger partial charge in [0.15, 0.2) is 0 Å². The first kappa shape index (κ1) is 17.0. The number of hydrogen-bond acceptors (Lipinski definition) is 4. The molecule has 2 atom stereocenters. The van der Waals surface area contributed by atoms with Gasteiger partial charge in [-0.1, -0.05) is 0 Å². The molecule has 0 heterocycles. The predicted octanol–water partition coefficient (Wildman–Crippen LogP) is 2.92. The average molecular weight is 306 g/mol. The molecule has 122 valence electrons. The summed E-state index contributed by atoms with van der Waals surface area (Å²) in [6.07, 6.45) is 5.19. The lowest BCUT2D eigenvalue weighted by molar-refractivity contribution is -0.144. The zero-order chi connectivity index (χ0) is 16.3. The zero-order valence-corrected chi connectivity index (χ0v) is 13.6. The number of ketones is 4. The summed E-state index contributed by atoms with van der Waals surface area (Å²) in [6, 6.07) is 0. The standard InChI is InChI=1S/C18H26O4/c1-11(19)3-9-15(21)17-13-5-7-14(8-6-13)18(17)16(22)10-4-12(2)20/h13-14,17-18H,3-10H2,1-2H3/t13?,14?,17-,18-/m1/s1. The van der Waals surface area contributed by atoms with E-state index >= 15 is 0 Å². The lowest BCUT2D eigenvalue weighted by Crippen LogP contribution is -2.47. The van der Waals surface area contributed by atoms with Crippen LogP contribution in [0.15, 0.2) is 0 Å². The van der Waals surface area contributed by atoms with Gasteiger partial charge in [-0.2, -0.15) is 0 Å². The largest absolute Gasteiger partial charge is 0.300 e. The summed E-state index contributed by atoms with van der Waals surface area (Å²) < 4.78 is 0. The van der Waals surface area contributed by atoms with Gasteiger partial charge in [0, 0.05) is 37.5 Å². The van der Waals surface area contributed by atoms with Gasteiger partial charge in [-0.3, -0.25) is 9.59 Å². The molecule has 4 nitrogen and oxygen atoms in total. The van der Waals surface area contributed by atoms with E-state index in [1.807, 2.05) is 0 Å². The second-order valence-corrected chi connectivity index (χ2v) is 7.06.